The molecule has 0 aromatic heterocycles. The molecular weight excluding hydrogens is 397 g/mol. The van der Waals surface area contributed by atoms with E-state index in [4.69, 9.17) is 0 Å². The van der Waals surface area contributed by atoms with Crippen LogP contribution in [0, 0.1) is 0 Å². The summed E-state index contributed by atoms with van der Waals surface area (Å²) in [6.07, 6.45) is -14.9. The lowest BCUT2D eigenvalue weighted by Gasteiger charge is -2.41. The van der Waals surface area contributed by atoms with Gasteiger partial charge in [0.05, 0.1) is 0 Å². The summed E-state index contributed by atoms with van der Waals surface area (Å²) in [5, 5.41) is 0. The average Bonchev–Trinajstić information content (AvgIpc) is 2.23. The summed E-state index contributed by atoms with van der Waals surface area (Å²) >= 11 is 0. The van der Waals surface area contributed by atoms with E-state index in [9.17, 15) is 65.5 Å². The van der Waals surface area contributed by atoms with Gasteiger partial charge in [0.15, 0.2) is 0 Å². The van der Waals surface area contributed by atoms with Gasteiger partial charge < -0.3 is 0 Å². The van der Waals surface area contributed by atoms with Crippen LogP contribution in [0.15, 0.2) is 0 Å². The molecule has 1 N–H and O–H groups in total. The first-order chi connectivity index (χ1) is 9.67. The second-order valence-corrected chi connectivity index (χ2v) is 4.48. The summed E-state index contributed by atoms with van der Waals surface area (Å²) in [4.78, 5) is 0. The van der Waals surface area contributed by atoms with Crippen LogP contribution in [0.5, 0.6) is 0 Å². The molecular formula is C6H2F13NO2S. The lowest BCUT2D eigenvalue weighted by Crippen LogP contribution is -2.76. The molecule has 1 unspecified atom stereocenters. The number of halogens is 13. The highest BCUT2D eigenvalue weighted by molar-refractivity contribution is 7.70. The largest absolute Gasteiger partial charge is 0.460 e. The molecule has 0 rings (SSSR count). The van der Waals surface area contributed by atoms with Crippen LogP contribution in [-0.2, 0) is 10.9 Å². The monoisotopic (exact) mass is 399 g/mol. The van der Waals surface area contributed by atoms with Crippen LogP contribution in [0.3, 0.4) is 0 Å². The van der Waals surface area contributed by atoms with Gasteiger partial charge in [-0.1, -0.05) is 0 Å². The van der Waals surface area contributed by atoms with Crippen molar-refractivity contribution in [3.8, 4) is 0 Å². The van der Waals surface area contributed by atoms with Gasteiger partial charge in [0.2, 0.25) is 10.9 Å². The zero-order chi connectivity index (χ0) is 19.3. The fraction of sp³-hybridized carbons (Fsp3) is 1.00. The van der Waals surface area contributed by atoms with E-state index in [0.717, 1.165) is 0 Å². The Morgan fingerprint density at radius 1 is 0.522 bits per heavy atom. The van der Waals surface area contributed by atoms with Crippen LogP contribution >= 0.6 is 0 Å². The molecule has 0 aliphatic rings. The van der Waals surface area contributed by atoms with Gasteiger partial charge in [0.1, 0.15) is 0 Å². The maximum atomic E-state index is 13.4. The predicted molar refractivity (Wildman–Crippen MR) is 44.2 cm³/mol. The number of rotatable bonds is 5. The van der Waals surface area contributed by atoms with Gasteiger partial charge in [-0.2, -0.15) is 57.4 Å². The Hall–Kier alpha value is -1.00. The summed E-state index contributed by atoms with van der Waals surface area (Å²) in [6, 6.07) is 0. The Morgan fingerprint density at radius 2 is 0.826 bits per heavy atom. The molecule has 0 radical (unpaired) electrons. The van der Waals surface area contributed by atoms with Crippen molar-refractivity contribution in [2.24, 2.45) is 0 Å². The maximum Gasteiger partial charge on any atom is 0.460 e. The first-order valence-electron chi connectivity index (χ1n) is 4.55. The minimum Gasteiger partial charge on any atom is -0.215 e. The van der Waals surface area contributed by atoms with Gasteiger partial charge in [-0.25, -0.2) is 12.8 Å². The third kappa shape index (κ3) is 3.16. The van der Waals surface area contributed by atoms with Crippen LogP contribution in [0.2, 0.25) is 0 Å². The first-order valence-corrected chi connectivity index (χ1v) is 5.72. The van der Waals surface area contributed by atoms with Crippen molar-refractivity contribution in [2.75, 3.05) is 0 Å². The zero-order valence-corrected chi connectivity index (χ0v) is 10.6. The normalized spacial score (nSPS) is 18.2. The molecule has 1 atom stereocenters. The summed E-state index contributed by atoms with van der Waals surface area (Å²) in [5.41, 5.74) is 0. The van der Waals surface area contributed by atoms with E-state index in [1.54, 1.807) is 0 Å². The van der Waals surface area contributed by atoms with Crippen LogP contribution in [0.25, 0.3) is 0 Å². The molecule has 0 heterocycles. The van der Waals surface area contributed by atoms with Gasteiger partial charge >= 0.3 is 35.9 Å². The lowest BCUT2D eigenvalue weighted by molar-refractivity contribution is -0.427. The Balaban J connectivity index is 6.64. The van der Waals surface area contributed by atoms with Crippen molar-refractivity contribution in [1.82, 2.24) is 4.72 Å². The number of nitrogens with one attached hydrogen (secondary N) is 1. The lowest BCUT2D eigenvalue weighted by atomic mass is 9.94. The zero-order valence-electron chi connectivity index (χ0n) is 9.68. The van der Waals surface area contributed by atoms with Gasteiger partial charge in [-0.3, -0.25) is 0 Å². The fourth-order valence-electron chi connectivity index (χ4n) is 1.05. The summed E-state index contributed by atoms with van der Waals surface area (Å²) < 4.78 is 180. The van der Waals surface area contributed by atoms with Gasteiger partial charge in [-0.15, -0.1) is 0 Å². The van der Waals surface area contributed by atoms with Crippen LogP contribution < -0.4 is 4.72 Å². The van der Waals surface area contributed by atoms with E-state index in [0.29, 0.717) is 0 Å². The molecule has 0 fully saturated rings. The van der Waals surface area contributed by atoms with E-state index in [1.165, 1.54) is 0 Å². The van der Waals surface area contributed by atoms with E-state index >= 15 is 0 Å². The molecule has 0 aromatic carbocycles. The first kappa shape index (κ1) is 22.0. The highest BCUT2D eigenvalue weighted by Crippen LogP contribution is 2.58. The second-order valence-electron chi connectivity index (χ2n) is 3.75. The van der Waals surface area contributed by atoms with Crippen molar-refractivity contribution in [3.63, 3.8) is 0 Å². The van der Waals surface area contributed by atoms with E-state index in [1.807, 2.05) is 0 Å². The topological polar surface area (TPSA) is 46.2 Å². The summed E-state index contributed by atoms with van der Waals surface area (Å²) in [7, 11) is -5.23. The van der Waals surface area contributed by atoms with E-state index in [2.05, 4.69) is 0 Å². The smallest absolute Gasteiger partial charge is 0.215 e. The fourth-order valence-corrected chi connectivity index (χ4v) is 1.59. The standard InChI is InChI=1S/C6H2F13NO2S/c7-1(8,2(9,10)5(14,15)16)4(13,20-23(21)22)3(11,12)6(17,18)19/h23H,(H,20,21,22). The SMILES string of the molecule is O=[SH](=O)NC(F)(C(F)(F)C(F)(F)F)C(F)(F)C(F)(F)C(F)(F)F. The molecule has 0 amide bonds. The van der Waals surface area contributed by atoms with Crippen LogP contribution in [-0.4, -0.2) is 44.3 Å². The Kier molecular flexibility index (Phi) is 5.28. The Morgan fingerprint density at radius 3 is 1.04 bits per heavy atom. The molecule has 3 nitrogen and oxygen atoms in total. The third-order valence-electron chi connectivity index (χ3n) is 2.22. The second kappa shape index (κ2) is 5.52. The van der Waals surface area contributed by atoms with Crippen molar-refractivity contribution in [2.45, 2.75) is 35.9 Å². The summed E-state index contributed by atoms with van der Waals surface area (Å²) in [5.74, 6) is -30.7. The molecule has 23 heavy (non-hydrogen) atoms. The van der Waals surface area contributed by atoms with Crippen LogP contribution in [0.4, 0.5) is 57.1 Å². The molecule has 0 saturated heterocycles. The number of alkyl halides is 13. The van der Waals surface area contributed by atoms with E-state index < -0.39 is 51.5 Å². The van der Waals surface area contributed by atoms with Gasteiger partial charge in [0, 0.05) is 0 Å². The maximum absolute atomic E-state index is 13.4. The number of hydrogen-bond donors (Lipinski definition) is 2. The predicted octanol–water partition coefficient (Wildman–Crippen LogP) is 2.80. The molecule has 0 aliphatic heterocycles. The van der Waals surface area contributed by atoms with Crippen LogP contribution in [0.1, 0.15) is 0 Å². The van der Waals surface area contributed by atoms with Crippen molar-refractivity contribution >= 4 is 10.9 Å². The molecule has 17 heteroatoms. The van der Waals surface area contributed by atoms with Gasteiger partial charge in [-0.05, 0) is 0 Å². The highest BCUT2D eigenvalue weighted by Gasteiger charge is 2.90. The van der Waals surface area contributed by atoms with Crippen molar-refractivity contribution in [3.05, 3.63) is 0 Å². The number of thiol groups is 1. The van der Waals surface area contributed by atoms with Crippen molar-refractivity contribution in [1.29, 1.82) is 0 Å². The Bertz CT molecular complexity index is 512. The third-order valence-corrected chi connectivity index (χ3v) is 2.71. The van der Waals surface area contributed by atoms with Crippen molar-refractivity contribution < 1.29 is 65.5 Å². The Labute approximate surface area is 118 Å². The minimum absolute atomic E-state index is 0.891. The molecule has 140 valence electrons. The average molecular weight is 399 g/mol. The molecule has 0 bridgehead atoms. The number of hydrogen-bond acceptors (Lipinski definition) is 2. The molecule has 0 spiro atoms. The minimum atomic E-state index is -7.88. The molecule has 0 aliphatic carbocycles. The quantitative estimate of drug-likeness (QED) is 0.425. The molecule has 0 aromatic rings. The van der Waals surface area contributed by atoms with Gasteiger partial charge in [0.25, 0.3) is 0 Å². The van der Waals surface area contributed by atoms with E-state index in [-0.39, 0.29) is 0 Å². The highest BCUT2D eigenvalue weighted by atomic mass is 32.2. The molecule has 0 saturated carbocycles. The summed E-state index contributed by atoms with van der Waals surface area (Å²) in [6.45, 7) is 0.